The molecule has 1 atom stereocenters. The summed E-state index contributed by atoms with van der Waals surface area (Å²) >= 11 is 6.21. The standard InChI is InChI=1S/C16H14ClF3N4O4S/c17-11-6-22-14(21)23-13(11)24-7-15(3-4-27-8-15)10-2-1-9(5-12(10)24)28-29(25,26)16(18,19)20/h1-2,5-6H,3-4,7-8H2,(H2,21,22,23)/t15-/m1/s1. The van der Waals surface area contributed by atoms with E-state index in [-0.39, 0.29) is 16.8 Å². The summed E-state index contributed by atoms with van der Waals surface area (Å²) in [6.45, 7) is 1.26. The van der Waals surface area contributed by atoms with Crippen LogP contribution in [-0.4, -0.2) is 43.7 Å². The van der Waals surface area contributed by atoms with Gasteiger partial charge in [0.05, 0.1) is 18.5 Å². The van der Waals surface area contributed by atoms with E-state index in [4.69, 9.17) is 22.1 Å². The van der Waals surface area contributed by atoms with Crippen LogP contribution in [0, 0.1) is 0 Å². The van der Waals surface area contributed by atoms with E-state index in [0.29, 0.717) is 31.9 Å². The van der Waals surface area contributed by atoms with Gasteiger partial charge in [0.2, 0.25) is 5.95 Å². The number of nitrogens with two attached hydrogens (primary N) is 1. The lowest BCUT2D eigenvalue weighted by atomic mass is 9.82. The Bertz CT molecular complexity index is 1070. The molecule has 0 aliphatic carbocycles. The van der Waals surface area contributed by atoms with Crippen molar-refractivity contribution in [3.63, 3.8) is 0 Å². The number of fused-ring (bicyclic) bond motifs is 2. The van der Waals surface area contributed by atoms with E-state index in [9.17, 15) is 21.6 Å². The SMILES string of the molecule is Nc1ncc(Cl)c(N2C[C@@]3(CCOC3)c3ccc(OS(=O)(=O)C(F)(F)F)cc32)n1. The molecule has 4 rings (SSSR count). The summed E-state index contributed by atoms with van der Waals surface area (Å²) in [5.74, 6) is -0.276. The van der Waals surface area contributed by atoms with Crippen molar-refractivity contribution in [3.05, 3.63) is 35.0 Å². The molecule has 2 aliphatic rings. The number of halogens is 4. The first-order valence-electron chi connectivity index (χ1n) is 8.31. The van der Waals surface area contributed by atoms with Crippen LogP contribution in [0.1, 0.15) is 12.0 Å². The molecule has 1 aromatic heterocycles. The zero-order valence-electron chi connectivity index (χ0n) is 14.6. The molecule has 2 N–H and O–H groups in total. The summed E-state index contributed by atoms with van der Waals surface area (Å²) < 4.78 is 70.6. The maximum absolute atomic E-state index is 12.7. The fourth-order valence-electron chi connectivity index (χ4n) is 3.58. The van der Waals surface area contributed by atoms with Gasteiger partial charge in [-0.25, -0.2) is 4.98 Å². The monoisotopic (exact) mass is 450 g/mol. The van der Waals surface area contributed by atoms with Crippen molar-refractivity contribution >= 4 is 39.2 Å². The predicted octanol–water partition coefficient (Wildman–Crippen LogP) is 2.75. The van der Waals surface area contributed by atoms with Crippen molar-refractivity contribution in [2.75, 3.05) is 30.4 Å². The average molecular weight is 451 g/mol. The van der Waals surface area contributed by atoms with Crippen LogP contribution in [0.25, 0.3) is 0 Å². The molecule has 3 heterocycles. The van der Waals surface area contributed by atoms with Crippen LogP contribution < -0.4 is 14.8 Å². The zero-order chi connectivity index (χ0) is 21.0. The van der Waals surface area contributed by atoms with E-state index in [2.05, 4.69) is 14.2 Å². The molecule has 0 radical (unpaired) electrons. The van der Waals surface area contributed by atoms with Crippen molar-refractivity contribution < 1.29 is 30.5 Å². The number of ether oxygens (including phenoxy) is 1. The molecule has 29 heavy (non-hydrogen) atoms. The zero-order valence-corrected chi connectivity index (χ0v) is 16.2. The fraction of sp³-hybridized carbons (Fsp3) is 0.375. The summed E-state index contributed by atoms with van der Waals surface area (Å²) in [5, 5.41) is 0.176. The number of alkyl halides is 3. The molecule has 1 spiro atoms. The molecule has 0 saturated carbocycles. The molecule has 1 saturated heterocycles. The molecule has 1 aromatic carbocycles. The Balaban J connectivity index is 1.81. The predicted molar refractivity (Wildman–Crippen MR) is 97.6 cm³/mol. The van der Waals surface area contributed by atoms with Gasteiger partial charge in [-0.3, -0.25) is 0 Å². The molecule has 0 unspecified atom stereocenters. The number of anilines is 3. The van der Waals surface area contributed by atoms with Crippen LogP contribution in [0.2, 0.25) is 5.02 Å². The number of hydrogen-bond donors (Lipinski definition) is 1. The lowest BCUT2D eigenvalue weighted by molar-refractivity contribution is -0.0500. The van der Waals surface area contributed by atoms with Gasteiger partial charge in [0.1, 0.15) is 10.8 Å². The number of benzene rings is 1. The van der Waals surface area contributed by atoms with E-state index in [1.54, 1.807) is 4.90 Å². The van der Waals surface area contributed by atoms with Crippen LogP contribution in [-0.2, 0) is 20.3 Å². The number of nitrogens with zero attached hydrogens (tertiary/aromatic N) is 3. The van der Waals surface area contributed by atoms with E-state index in [1.807, 2.05) is 0 Å². The minimum Gasteiger partial charge on any atom is -0.380 e. The Hall–Kier alpha value is -2.31. The van der Waals surface area contributed by atoms with Crippen LogP contribution in [0.5, 0.6) is 5.75 Å². The second-order valence-corrected chi connectivity index (χ2v) is 8.68. The molecule has 2 aromatic rings. The average Bonchev–Trinajstić information content (AvgIpc) is 3.22. The van der Waals surface area contributed by atoms with Gasteiger partial charge >= 0.3 is 15.6 Å². The molecule has 0 bridgehead atoms. The summed E-state index contributed by atoms with van der Waals surface area (Å²) in [7, 11) is -5.81. The molecule has 1 fully saturated rings. The van der Waals surface area contributed by atoms with E-state index in [1.165, 1.54) is 24.4 Å². The molecule has 2 aliphatic heterocycles. The van der Waals surface area contributed by atoms with Gasteiger partial charge < -0.3 is 19.6 Å². The topological polar surface area (TPSA) is 108 Å². The van der Waals surface area contributed by atoms with Gasteiger partial charge in [0.15, 0.2) is 5.82 Å². The van der Waals surface area contributed by atoms with E-state index >= 15 is 0 Å². The van der Waals surface area contributed by atoms with Gasteiger partial charge in [0.25, 0.3) is 0 Å². The maximum Gasteiger partial charge on any atom is 0.534 e. The molecular weight excluding hydrogens is 437 g/mol. The number of nitrogen functional groups attached to an aromatic ring is 1. The number of aromatic nitrogens is 2. The summed E-state index contributed by atoms with van der Waals surface area (Å²) in [5.41, 5.74) is 0.842. The van der Waals surface area contributed by atoms with Gasteiger partial charge in [-0.05, 0) is 18.1 Å². The third kappa shape index (κ3) is 3.34. The normalized spacial score (nSPS) is 21.6. The lowest BCUT2D eigenvalue weighted by Crippen LogP contribution is -2.32. The highest BCUT2D eigenvalue weighted by atomic mass is 35.5. The van der Waals surface area contributed by atoms with Crippen molar-refractivity contribution in [1.82, 2.24) is 9.97 Å². The minimum atomic E-state index is -5.81. The van der Waals surface area contributed by atoms with E-state index < -0.39 is 26.8 Å². The Morgan fingerprint density at radius 1 is 1.34 bits per heavy atom. The first-order valence-corrected chi connectivity index (χ1v) is 10.1. The molecule has 13 heteroatoms. The van der Waals surface area contributed by atoms with Gasteiger partial charge in [-0.15, -0.1) is 0 Å². The quantitative estimate of drug-likeness (QED) is 0.562. The van der Waals surface area contributed by atoms with Gasteiger partial charge in [-0.1, -0.05) is 17.7 Å². The first kappa shape index (κ1) is 20.0. The Labute approximate surface area is 168 Å². The van der Waals surface area contributed by atoms with Crippen LogP contribution >= 0.6 is 11.6 Å². The smallest absolute Gasteiger partial charge is 0.380 e. The third-order valence-electron chi connectivity index (χ3n) is 4.88. The number of rotatable bonds is 3. The summed E-state index contributed by atoms with van der Waals surface area (Å²) in [6.07, 6.45) is 1.97. The lowest BCUT2D eigenvalue weighted by Gasteiger charge is -2.24. The van der Waals surface area contributed by atoms with Gasteiger partial charge in [-0.2, -0.15) is 26.6 Å². The van der Waals surface area contributed by atoms with Crippen molar-refractivity contribution in [2.45, 2.75) is 17.3 Å². The largest absolute Gasteiger partial charge is 0.534 e. The van der Waals surface area contributed by atoms with Crippen molar-refractivity contribution in [2.24, 2.45) is 0 Å². The molecule has 156 valence electrons. The molecule has 8 nitrogen and oxygen atoms in total. The van der Waals surface area contributed by atoms with E-state index in [0.717, 1.165) is 5.56 Å². The van der Waals surface area contributed by atoms with Crippen LogP contribution in [0.3, 0.4) is 0 Å². The molecule has 0 amide bonds. The highest BCUT2D eigenvalue weighted by Gasteiger charge is 2.50. The van der Waals surface area contributed by atoms with Gasteiger partial charge in [0, 0.05) is 24.6 Å². The van der Waals surface area contributed by atoms with Crippen molar-refractivity contribution in [3.8, 4) is 5.75 Å². The summed E-state index contributed by atoms with van der Waals surface area (Å²) in [4.78, 5) is 9.59. The second kappa shape index (κ2) is 6.61. The fourth-order valence-corrected chi connectivity index (χ4v) is 4.22. The summed E-state index contributed by atoms with van der Waals surface area (Å²) in [6, 6.07) is 3.92. The first-order chi connectivity index (χ1) is 13.5. The number of hydrogen-bond acceptors (Lipinski definition) is 8. The molecular formula is C16H14ClF3N4O4S. The highest BCUT2D eigenvalue weighted by molar-refractivity contribution is 7.88. The minimum absolute atomic E-state index is 0.0402. The Morgan fingerprint density at radius 2 is 2.10 bits per heavy atom. The highest BCUT2D eigenvalue weighted by Crippen LogP contribution is 2.50. The van der Waals surface area contributed by atoms with Crippen LogP contribution in [0.4, 0.5) is 30.6 Å². The third-order valence-corrected chi connectivity index (χ3v) is 6.13. The van der Waals surface area contributed by atoms with Crippen LogP contribution in [0.15, 0.2) is 24.4 Å². The Kier molecular flexibility index (Phi) is 4.55. The maximum atomic E-state index is 12.7. The van der Waals surface area contributed by atoms with Crippen molar-refractivity contribution in [1.29, 1.82) is 0 Å². The second-order valence-electron chi connectivity index (χ2n) is 6.73. The Morgan fingerprint density at radius 3 is 2.76 bits per heavy atom.